The van der Waals surface area contributed by atoms with E-state index in [4.69, 9.17) is 14.2 Å². The van der Waals surface area contributed by atoms with Gasteiger partial charge in [0.25, 0.3) is 0 Å². The Morgan fingerprint density at radius 2 is 1.86 bits per heavy atom. The number of thiophene rings is 1. The van der Waals surface area contributed by atoms with Crippen LogP contribution in [-0.2, 0) is 20.8 Å². The molecular weight excluding hydrogens is 302 g/mol. The molecule has 0 radical (unpaired) electrons. The summed E-state index contributed by atoms with van der Waals surface area (Å²) in [6.07, 6.45) is -0.780. The first kappa shape index (κ1) is 19.5. The Hall–Kier alpha value is -0.500. The zero-order chi connectivity index (χ0) is 16.2. The van der Waals surface area contributed by atoms with Crippen molar-refractivity contribution in [3.8, 4) is 0 Å². The van der Waals surface area contributed by atoms with Gasteiger partial charge < -0.3 is 19.3 Å². The molecule has 0 saturated carbocycles. The number of hydrogen-bond donors (Lipinski definition) is 1. The predicted octanol–water partition coefficient (Wildman–Crippen LogP) is 2.35. The number of rotatable bonds is 13. The highest BCUT2D eigenvalue weighted by atomic mass is 32.1. The standard InChI is InChI=1S/C16H29NO4S/c1-4-19-13-14(18)10-17(11-15-8-7-9-22-15)12-16(20-5-2)21-6-3/h7-9,14,16,18H,4-6,10-13H2,1-3H3. The van der Waals surface area contributed by atoms with E-state index in [9.17, 15) is 5.11 Å². The summed E-state index contributed by atoms with van der Waals surface area (Å²) in [5.74, 6) is 0. The zero-order valence-corrected chi connectivity index (χ0v) is 14.7. The van der Waals surface area contributed by atoms with Crippen molar-refractivity contribution in [3.63, 3.8) is 0 Å². The van der Waals surface area contributed by atoms with Gasteiger partial charge in [-0.2, -0.15) is 0 Å². The Balaban J connectivity index is 2.59. The Labute approximate surface area is 137 Å². The van der Waals surface area contributed by atoms with E-state index in [1.807, 2.05) is 26.8 Å². The number of nitrogens with zero attached hydrogens (tertiary/aromatic N) is 1. The summed E-state index contributed by atoms with van der Waals surface area (Å²) in [5.41, 5.74) is 0. The van der Waals surface area contributed by atoms with Crippen LogP contribution in [0, 0.1) is 0 Å². The molecule has 1 rings (SSSR count). The fourth-order valence-electron chi connectivity index (χ4n) is 2.17. The number of aliphatic hydroxyl groups excluding tert-OH is 1. The molecule has 0 saturated heterocycles. The number of hydrogen-bond acceptors (Lipinski definition) is 6. The van der Waals surface area contributed by atoms with Crippen LogP contribution in [0.4, 0.5) is 0 Å². The van der Waals surface area contributed by atoms with E-state index in [-0.39, 0.29) is 6.29 Å². The molecule has 22 heavy (non-hydrogen) atoms. The zero-order valence-electron chi connectivity index (χ0n) is 13.9. The summed E-state index contributed by atoms with van der Waals surface area (Å²) >= 11 is 1.71. The van der Waals surface area contributed by atoms with Gasteiger partial charge >= 0.3 is 0 Å². The minimum absolute atomic E-state index is 0.269. The summed E-state index contributed by atoms with van der Waals surface area (Å²) in [6, 6.07) is 4.14. The monoisotopic (exact) mass is 331 g/mol. The van der Waals surface area contributed by atoms with E-state index >= 15 is 0 Å². The quantitative estimate of drug-likeness (QED) is 0.562. The highest BCUT2D eigenvalue weighted by Gasteiger charge is 2.18. The summed E-state index contributed by atoms with van der Waals surface area (Å²) < 4.78 is 16.5. The molecule has 5 nitrogen and oxygen atoms in total. The first-order valence-corrected chi connectivity index (χ1v) is 8.81. The van der Waals surface area contributed by atoms with Crippen LogP contribution >= 0.6 is 11.3 Å². The smallest absolute Gasteiger partial charge is 0.170 e. The molecule has 0 aliphatic carbocycles. The molecule has 6 heteroatoms. The Bertz CT molecular complexity index is 355. The Morgan fingerprint density at radius 3 is 2.41 bits per heavy atom. The molecular formula is C16H29NO4S. The van der Waals surface area contributed by atoms with Crippen LogP contribution in [0.15, 0.2) is 17.5 Å². The average molecular weight is 331 g/mol. The lowest BCUT2D eigenvalue weighted by Crippen LogP contribution is -2.40. The van der Waals surface area contributed by atoms with Gasteiger partial charge in [0.15, 0.2) is 6.29 Å². The predicted molar refractivity (Wildman–Crippen MR) is 89.1 cm³/mol. The van der Waals surface area contributed by atoms with Gasteiger partial charge in [0.05, 0.1) is 12.7 Å². The second-order valence-corrected chi connectivity index (χ2v) is 5.96. The highest BCUT2D eigenvalue weighted by Crippen LogP contribution is 2.13. The third-order valence-electron chi connectivity index (χ3n) is 3.06. The van der Waals surface area contributed by atoms with Crippen LogP contribution in [0.5, 0.6) is 0 Å². The maximum absolute atomic E-state index is 10.1. The van der Waals surface area contributed by atoms with Crippen molar-refractivity contribution >= 4 is 11.3 Å². The van der Waals surface area contributed by atoms with Gasteiger partial charge in [-0.25, -0.2) is 0 Å². The van der Waals surface area contributed by atoms with Crippen molar-refractivity contribution in [2.75, 3.05) is 39.5 Å². The molecule has 128 valence electrons. The van der Waals surface area contributed by atoms with Crippen molar-refractivity contribution in [2.24, 2.45) is 0 Å². The van der Waals surface area contributed by atoms with Crippen LogP contribution < -0.4 is 0 Å². The maximum atomic E-state index is 10.1. The number of aliphatic hydroxyl groups is 1. The van der Waals surface area contributed by atoms with E-state index in [0.717, 1.165) is 6.54 Å². The molecule has 0 aromatic carbocycles. The van der Waals surface area contributed by atoms with Crippen molar-refractivity contribution in [2.45, 2.75) is 39.7 Å². The summed E-state index contributed by atoms with van der Waals surface area (Å²) in [4.78, 5) is 3.42. The topological polar surface area (TPSA) is 51.2 Å². The van der Waals surface area contributed by atoms with Crippen molar-refractivity contribution in [3.05, 3.63) is 22.4 Å². The molecule has 1 aromatic heterocycles. The first-order valence-electron chi connectivity index (χ1n) is 7.93. The van der Waals surface area contributed by atoms with E-state index < -0.39 is 6.10 Å². The maximum Gasteiger partial charge on any atom is 0.170 e. The lowest BCUT2D eigenvalue weighted by Gasteiger charge is -2.28. The van der Waals surface area contributed by atoms with Crippen molar-refractivity contribution in [1.29, 1.82) is 0 Å². The van der Waals surface area contributed by atoms with E-state index in [1.165, 1.54) is 4.88 Å². The number of ether oxygens (including phenoxy) is 3. The van der Waals surface area contributed by atoms with Crippen LogP contribution in [0.3, 0.4) is 0 Å². The molecule has 1 unspecified atom stereocenters. The normalized spacial score (nSPS) is 13.2. The van der Waals surface area contributed by atoms with Gasteiger partial charge in [0, 0.05) is 44.3 Å². The molecule has 0 bridgehead atoms. The van der Waals surface area contributed by atoms with Gasteiger partial charge in [-0.1, -0.05) is 6.07 Å². The summed E-state index contributed by atoms with van der Waals surface area (Å²) in [5, 5.41) is 12.2. The van der Waals surface area contributed by atoms with E-state index in [1.54, 1.807) is 11.3 Å². The van der Waals surface area contributed by atoms with Gasteiger partial charge in [-0.3, -0.25) is 4.90 Å². The molecule has 0 aliphatic heterocycles. The van der Waals surface area contributed by atoms with Crippen LogP contribution in [-0.4, -0.2) is 61.9 Å². The molecule has 1 N–H and O–H groups in total. The molecule has 0 fully saturated rings. The third kappa shape index (κ3) is 8.22. The van der Waals surface area contributed by atoms with E-state index in [0.29, 0.717) is 39.5 Å². The molecule has 0 aliphatic rings. The minimum atomic E-state index is -0.510. The van der Waals surface area contributed by atoms with Crippen LogP contribution in [0.1, 0.15) is 25.6 Å². The molecule has 0 amide bonds. The molecule has 1 aromatic rings. The Morgan fingerprint density at radius 1 is 1.14 bits per heavy atom. The van der Waals surface area contributed by atoms with Crippen LogP contribution in [0.25, 0.3) is 0 Å². The molecule has 1 atom stereocenters. The summed E-state index contributed by atoms with van der Waals surface area (Å²) in [7, 11) is 0. The third-order valence-corrected chi connectivity index (χ3v) is 3.92. The second kappa shape index (κ2) is 12.0. The van der Waals surface area contributed by atoms with Crippen molar-refractivity contribution in [1.82, 2.24) is 4.90 Å². The summed E-state index contributed by atoms with van der Waals surface area (Å²) in [6.45, 7) is 9.97. The SMILES string of the molecule is CCOCC(O)CN(Cc1cccs1)CC(OCC)OCC. The van der Waals surface area contributed by atoms with Gasteiger partial charge in [-0.05, 0) is 32.2 Å². The second-order valence-electron chi connectivity index (χ2n) is 4.93. The first-order chi connectivity index (χ1) is 10.7. The lowest BCUT2D eigenvalue weighted by molar-refractivity contribution is -0.150. The highest BCUT2D eigenvalue weighted by molar-refractivity contribution is 7.09. The Kier molecular flexibility index (Phi) is 10.7. The largest absolute Gasteiger partial charge is 0.389 e. The van der Waals surface area contributed by atoms with Gasteiger partial charge in [-0.15, -0.1) is 11.3 Å². The van der Waals surface area contributed by atoms with Crippen LogP contribution in [0.2, 0.25) is 0 Å². The molecule has 1 heterocycles. The van der Waals surface area contributed by atoms with Crippen molar-refractivity contribution < 1.29 is 19.3 Å². The fourth-order valence-corrected chi connectivity index (χ4v) is 2.91. The van der Waals surface area contributed by atoms with E-state index in [2.05, 4.69) is 16.3 Å². The minimum Gasteiger partial charge on any atom is -0.389 e. The van der Waals surface area contributed by atoms with Gasteiger partial charge in [0.1, 0.15) is 0 Å². The average Bonchev–Trinajstić information content (AvgIpc) is 2.98. The fraction of sp³-hybridized carbons (Fsp3) is 0.750. The lowest BCUT2D eigenvalue weighted by atomic mass is 10.3. The van der Waals surface area contributed by atoms with Gasteiger partial charge in [0.2, 0.25) is 0 Å². The molecule has 0 spiro atoms.